The van der Waals surface area contributed by atoms with Gasteiger partial charge in [0.15, 0.2) is 0 Å². The number of nitrogens with one attached hydrogen (secondary N) is 2. The predicted molar refractivity (Wildman–Crippen MR) is 72.4 cm³/mol. The molecule has 0 bridgehead atoms. The van der Waals surface area contributed by atoms with Crippen LogP contribution in [-0.4, -0.2) is 19.0 Å². The van der Waals surface area contributed by atoms with Gasteiger partial charge in [0.2, 0.25) is 5.91 Å². The number of carbonyl (C=O) groups excluding carboxylic acids is 1. The van der Waals surface area contributed by atoms with Gasteiger partial charge in [-0.25, -0.2) is 0 Å². The summed E-state index contributed by atoms with van der Waals surface area (Å²) < 4.78 is 0. The number of benzene rings is 1. The van der Waals surface area contributed by atoms with E-state index in [-0.39, 0.29) is 5.91 Å². The molecule has 0 aliphatic carbocycles. The molecule has 1 aromatic rings. The molecule has 1 aromatic carbocycles. The highest BCUT2D eigenvalue weighted by Crippen LogP contribution is 2.14. The largest absolute Gasteiger partial charge is 0.326 e. The first-order chi connectivity index (χ1) is 8.08. The average molecular weight is 255 g/mol. The topological polar surface area (TPSA) is 41.1 Å². The summed E-state index contributed by atoms with van der Waals surface area (Å²) >= 11 is 5.83. The molecule has 94 valence electrons. The van der Waals surface area contributed by atoms with Crippen molar-refractivity contribution in [2.75, 3.05) is 18.4 Å². The van der Waals surface area contributed by atoms with Gasteiger partial charge in [0.05, 0.1) is 0 Å². The quantitative estimate of drug-likeness (QED) is 0.767. The van der Waals surface area contributed by atoms with Crippen molar-refractivity contribution >= 4 is 23.2 Å². The zero-order valence-corrected chi connectivity index (χ0v) is 11.1. The SMILES string of the molecule is CC(C)CNCCC(=O)Nc1cccc(Cl)c1. The van der Waals surface area contributed by atoms with Crippen LogP contribution in [0.5, 0.6) is 0 Å². The fourth-order valence-electron chi connectivity index (χ4n) is 1.38. The van der Waals surface area contributed by atoms with Crippen molar-refractivity contribution in [1.82, 2.24) is 5.32 Å². The van der Waals surface area contributed by atoms with Crippen molar-refractivity contribution < 1.29 is 4.79 Å². The highest BCUT2D eigenvalue weighted by atomic mass is 35.5. The first kappa shape index (κ1) is 14.0. The number of amides is 1. The van der Waals surface area contributed by atoms with Crippen LogP contribution in [-0.2, 0) is 4.79 Å². The maximum atomic E-state index is 11.6. The highest BCUT2D eigenvalue weighted by Gasteiger charge is 2.02. The van der Waals surface area contributed by atoms with Crippen molar-refractivity contribution in [2.24, 2.45) is 5.92 Å². The second kappa shape index (κ2) is 7.30. The lowest BCUT2D eigenvalue weighted by atomic mass is 10.2. The van der Waals surface area contributed by atoms with Gasteiger partial charge in [-0.3, -0.25) is 4.79 Å². The minimum Gasteiger partial charge on any atom is -0.326 e. The Bertz CT molecular complexity index is 366. The van der Waals surface area contributed by atoms with Crippen molar-refractivity contribution in [3.05, 3.63) is 29.3 Å². The molecule has 4 heteroatoms. The molecule has 0 aliphatic heterocycles. The van der Waals surface area contributed by atoms with Crippen LogP contribution in [0.15, 0.2) is 24.3 Å². The number of hydrogen-bond acceptors (Lipinski definition) is 2. The first-order valence-electron chi connectivity index (χ1n) is 5.84. The van der Waals surface area contributed by atoms with Crippen LogP contribution >= 0.6 is 11.6 Å². The highest BCUT2D eigenvalue weighted by molar-refractivity contribution is 6.30. The molecule has 17 heavy (non-hydrogen) atoms. The molecule has 0 fully saturated rings. The van der Waals surface area contributed by atoms with E-state index in [1.54, 1.807) is 12.1 Å². The van der Waals surface area contributed by atoms with Crippen molar-refractivity contribution in [3.63, 3.8) is 0 Å². The monoisotopic (exact) mass is 254 g/mol. The molecular weight excluding hydrogens is 236 g/mol. The Morgan fingerprint density at radius 2 is 2.18 bits per heavy atom. The van der Waals surface area contributed by atoms with E-state index in [4.69, 9.17) is 11.6 Å². The van der Waals surface area contributed by atoms with Gasteiger partial charge in [0.25, 0.3) is 0 Å². The molecule has 1 rings (SSSR count). The Hall–Kier alpha value is -1.06. The minimum absolute atomic E-state index is 0.00326. The zero-order valence-electron chi connectivity index (χ0n) is 10.3. The van der Waals surface area contributed by atoms with Crippen molar-refractivity contribution in [2.45, 2.75) is 20.3 Å². The average Bonchev–Trinajstić information content (AvgIpc) is 2.24. The van der Waals surface area contributed by atoms with E-state index in [1.165, 1.54) is 0 Å². The molecule has 1 amide bonds. The summed E-state index contributed by atoms with van der Waals surface area (Å²) in [6.07, 6.45) is 0.471. The molecule has 2 N–H and O–H groups in total. The van der Waals surface area contributed by atoms with Gasteiger partial charge in [-0.15, -0.1) is 0 Å². The molecule has 0 saturated carbocycles. The standard InChI is InChI=1S/C13H19ClN2O/c1-10(2)9-15-7-6-13(17)16-12-5-3-4-11(14)8-12/h3-5,8,10,15H,6-7,9H2,1-2H3,(H,16,17). The van der Waals surface area contributed by atoms with Gasteiger partial charge >= 0.3 is 0 Å². The van der Waals surface area contributed by atoms with Gasteiger partial charge in [0.1, 0.15) is 0 Å². The van der Waals surface area contributed by atoms with Gasteiger partial charge in [0, 0.05) is 23.7 Å². The summed E-state index contributed by atoms with van der Waals surface area (Å²) in [6.45, 7) is 5.91. The van der Waals surface area contributed by atoms with Crippen LogP contribution in [0, 0.1) is 5.92 Å². The van der Waals surface area contributed by atoms with E-state index >= 15 is 0 Å². The summed E-state index contributed by atoms with van der Waals surface area (Å²) in [7, 11) is 0. The molecule has 3 nitrogen and oxygen atoms in total. The summed E-state index contributed by atoms with van der Waals surface area (Å²) in [5.74, 6) is 0.606. The van der Waals surface area contributed by atoms with Gasteiger partial charge in [-0.05, 0) is 30.7 Å². The summed E-state index contributed by atoms with van der Waals surface area (Å²) in [6, 6.07) is 7.16. The summed E-state index contributed by atoms with van der Waals surface area (Å²) in [5.41, 5.74) is 0.742. The smallest absolute Gasteiger partial charge is 0.225 e. The van der Waals surface area contributed by atoms with E-state index in [1.807, 2.05) is 12.1 Å². The zero-order chi connectivity index (χ0) is 12.7. The fraction of sp³-hybridized carbons (Fsp3) is 0.462. The van der Waals surface area contributed by atoms with E-state index < -0.39 is 0 Å². The second-order valence-electron chi connectivity index (χ2n) is 4.41. The van der Waals surface area contributed by atoms with E-state index in [9.17, 15) is 4.79 Å². The third-order valence-corrected chi connectivity index (χ3v) is 2.42. The molecule has 0 radical (unpaired) electrons. The Morgan fingerprint density at radius 3 is 2.82 bits per heavy atom. The van der Waals surface area contributed by atoms with Crippen LogP contribution < -0.4 is 10.6 Å². The maximum Gasteiger partial charge on any atom is 0.225 e. The molecule has 0 spiro atoms. The summed E-state index contributed by atoms with van der Waals surface area (Å²) in [4.78, 5) is 11.6. The maximum absolute atomic E-state index is 11.6. The number of halogens is 1. The van der Waals surface area contributed by atoms with Crippen LogP contribution in [0.25, 0.3) is 0 Å². The lowest BCUT2D eigenvalue weighted by Gasteiger charge is -2.08. The Morgan fingerprint density at radius 1 is 1.41 bits per heavy atom. The molecule has 0 aromatic heterocycles. The molecule has 0 atom stereocenters. The normalized spacial score (nSPS) is 10.6. The number of carbonyl (C=O) groups is 1. The molecule has 0 saturated heterocycles. The molecule has 0 unspecified atom stereocenters. The first-order valence-corrected chi connectivity index (χ1v) is 6.22. The lowest BCUT2D eigenvalue weighted by Crippen LogP contribution is -2.24. The second-order valence-corrected chi connectivity index (χ2v) is 4.84. The van der Waals surface area contributed by atoms with E-state index in [2.05, 4.69) is 24.5 Å². The van der Waals surface area contributed by atoms with Gasteiger partial charge in [-0.2, -0.15) is 0 Å². The minimum atomic E-state index is 0.00326. The van der Waals surface area contributed by atoms with Crippen molar-refractivity contribution in [1.29, 1.82) is 0 Å². The van der Waals surface area contributed by atoms with Crippen molar-refractivity contribution in [3.8, 4) is 0 Å². The van der Waals surface area contributed by atoms with Crippen LogP contribution in [0.4, 0.5) is 5.69 Å². The van der Waals surface area contributed by atoms with E-state index in [0.29, 0.717) is 23.9 Å². The van der Waals surface area contributed by atoms with Gasteiger partial charge < -0.3 is 10.6 Å². The fourth-order valence-corrected chi connectivity index (χ4v) is 1.57. The Labute approximate surface area is 108 Å². The Kier molecular flexibility index (Phi) is 6.01. The van der Waals surface area contributed by atoms with Gasteiger partial charge in [-0.1, -0.05) is 31.5 Å². The lowest BCUT2D eigenvalue weighted by molar-refractivity contribution is -0.116. The number of rotatable bonds is 6. The molecule has 0 heterocycles. The van der Waals surface area contributed by atoms with Crippen LogP contribution in [0.2, 0.25) is 5.02 Å². The third-order valence-electron chi connectivity index (χ3n) is 2.19. The van der Waals surface area contributed by atoms with E-state index in [0.717, 1.165) is 12.2 Å². The number of hydrogen-bond donors (Lipinski definition) is 2. The Balaban J connectivity index is 2.25. The van der Waals surface area contributed by atoms with Crippen LogP contribution in [0.3, 0.4) is 0 Å². The molecular formula is C13H19ClN2O. The summed E-state index contributed by atoms with van der Waals surface area (Å²) in [5, 5.41) is 6.66. The molecule has 0 aliphatic rings. The predicted octanol–water partition coefficient (Wildman–Crippen LogP) is 2.91. The van der Waals surface area contributed by atoms with Crippen LogP contribution in [0.1, 0.15) is 20.3 Å². The third kappa shape index (κ3) is 6.29. The number of anilines is 1.